The standard InChI is InChI=1S/C62H104N8O6/c1-45(2)23-55-41-73-49(9)33-65(11)58(26-48(7)8)44-76-60(30-52-20-18-22-54(28-52)36-70-40-62(72-16)32-64-70)38-68(14)56(24-46(3)4)42-74-50(10)34-66(12)57(25-47(5)6)43-75-59(37-67(55)13)29-51-19-17-21-53(27-51)35-69-39-61(71-15)31-63-69/h17-22,27-28,31-32,39-40,45-50,55-60H,23-26,29-30,33-38,41-44H2,1-16H3/t49-,50-,55+,56+,57+,58+,59-,60-/m1/s1. The third-order valence-electron chi connectivity index (χ3n) is 15.0. The maximum atomic E-state index is 7.21. The quantitative estimate of drug-likeness (QED) is 0.0948. The van der Waals surface area contributed by atoms with Gasteiger partial charge in [0.25, 0.3) is 0 Å². The normalized spacial score (nSPS) is 24.9. The van der Waals surface area contributed by atoms with Crippen LogP contribution in [-0.4, -0.2) is 183 Å². The first kappa shape index (κ1) is 63.0. The number of likely N-dealkylation sites (N-methyl/N-ethyl adjacent to an activating group) is 4. The molecule has 0 bridgehead atoms. The fourth-order valence-corrected chi connectivity index (χ4v) is 10.9. The predicted octanol–water partition coefficient (Wildman–Crippen LogP) is 9.96. The fourth-order valence-electron chi connectivity index (χ4n) is 10.9. The molecule has 76 heavy (non-hydrogen) atoms. The summed E-state index contributed by atoms with van der Waals surface area (Å²) >= 11 is 0. The second-order valence-electron chi connectivity index (χ2n) is 24.3. The molecular formula is C62H104N8O6. The Hall–Kier alpha value is -3.86. The van der Waals surface area contributed by atoms with Crippen LogP contribution in [0.4, 0.5) is 0 Å². The van der Waals surface area contributed by atoms with Crippen molar-refractivity contribution in [1.82, 2.24) is 39.2 Å². The van der Waals surface area contributed by atoms with E-state index in [9.17, 15) is 0 Å². The van der Waals surface area contributed by atoms with E-state index in [0.717, 1.165) is 76.2 Å². The zero-order valence-electron chi connectivity index (χ0n) is 50.2. The van der Waals surface area contributed by atoms with Crippen LogP contribution in [0.15, 0.2) is 73.3 Å². The van der Waals surface area contributed by atoms with Crippen molar-refractivity contribution in [2.75, 3.05) is 95.0 Å². The van der Waals surface area contributed by atoms with Gasteiger partial charge in [-0.1, -0.05) is 104 Å². The molecule has 428 valence electrons. The lowest BCUT2D eigenvalue weighted by molar-refractivity contribution is -0.0536. The van der Waals surface area contributed by atoms with Crippen molar-refractivity contribution < 1.29 is 28.4 Å². The van der Waals surface area contributed by atoms with Crippen LogP contribution in [0.5, 0.6) is 11.5 Å². The van der Waals surface area contributed by atoms with Gasteiger partial charge in [0.15, 0.2) is 11.5 Å². The number of nitrogens with zero attached hydrogens (tertiary/aromatic N) is 8. The van der Waals surface area contributed by atoms with E-state index in [0.29, 0.717) is 63.2 Å². The predicted molar refractivity (Wildman–Crippen MR) is 310 cm³/mol. The minimum atomic E-state index is -0.0332. The second-order valence-corrected chi connectivity index (χ2v) is 24.3. The first-order chi connectivity index (χ1) is 36.2. The summed E-state index contributed by atoms with van der Waals surface area (Å²) < 4.78 is 42.9. The molecular weight excluding hydrogens is 953 g/mol. The van der Waals surface area contributed by atoms with E-state index < -0.39 is 0 Å². The zero-order valence-corrected chi connectivity index (χ0v) is 50.2. The molecule has 2 aromatic heterocycles. The van der Waals surface area contributed by atoms with E-state index in [4.69, 9.17) is 28.4 Å². The van der Waals surface area contributed by atoms with Crippen molar-refractivity contribution in [1.29, 1.82) is 0 Å². The molecule has 2 aromatic carbocycles. The van der Waals surface area contributed by atoms with Gasteiger partial charge in [-0.25, -0.2) is 0 Å². The summed E-state index contributed by atoms with van der Waals surface area (Å²) in [5.41, 5.74) is 4.92. The molecule has 0 amide bonds. The Morgan fingerprint density at radius 3 is 1.11 bits per heavy atom. The average Bonchev–Trinajstić information content (AvgIpc) is 4.02. The highest BCUT2D eigenvalue weighted by atomic mass is 16.5. The largest absolute Gasteiger partial charge is 0.493 e. The Bertz CT molecular complexity index is 2030. The highest BCUT2D eigenvalue weighted by Crippen LogP contribution is 2.23. The third-order valence-corrected chi connectivity index (χ3v) is 15.0. The lowest BCUT2D eigenvalue weighted by atomic mass is 10.0. The van der Waals surface area contributed by atoms with Gasteiger partial charge in [-0.15, -0.1) is 0 Å². The molecule has 4 aromatic rings. The minimum Gasteiger partial charge on any atom is -0.493 e. The Morgan fingerprint density at radius 2 is 0.789 bits per heavy atom. The molecule has 14 nitrogen and oxygen atoms in total. The summed E-state index contributed by atoms with van der Waals surface area (Å²) in [6.45, 7) is 30.2. The van der Waals surface area contributed by atoms with Crippen LogP contribution in [0.25, 0.3) is 0 Å². The van der Waals surface area contributed by atoms with Crippen LogP contribution in [0.2, 0.25) is 0 Å². The Balaban J connectivity index is 1.43. The molecule has 14 heteroatoms. The molecule has 3 heterocycles. The molecule has 0 N–H and O–H groups in total. The van der Waals surface area contributed by atoms with Gasteiger partial charge in [0.1, 0.15) is 0 Å². The van der Waals surface area contributed by atoms with E-state index in [1.165, 1.54) is 22.3 Å². The average molecular weight is 1060 g/mol. The Kier molecular flexibility index (Phi) is 26.7. The van der Waals surface area contributed by atoms with E-state index in [1.54, 1.807) is 26.6 Å². The molecule has 0 spiro atoms. The van der Waals surface area contributed by atoms with Crippen LogP contribution >= 0.6 is 0 Å². The number of benzene rings is 2. The Labute approximate surface area is 461 Å². The Morgan fingerprint density at radius 1 is 0.474 bits per heavy atom. The summed E-state index contributed by atoms with van der Waals surface area (Å²) in [4.78, 5) is 10.0. The van der Waals surface area contributed by atoms with E-state index in [-0.39, 0.29) is 48.6 Å². The maximum absolute atomic E-state index is 7.21. The molecule has 5 rings (SSSR count). The summed E-state index contributed by atoms with van der Waals surface area (Å²) in [6, 6.07) is 18.7. The van der Waals surface area contributed by atoms with Crippen LogP contribution in [0.3, 0.4) is 0 Å². The van der Waals surface area contributed by atoms with Crippen molar-refractivity contribution in [3.8, 4) is 11.5 Å². The summed E-state index contributed by atoms with van der Waals surface area (Å²) in [5.74, 6) is 3.56. The monoisotopic (exact) mass is 1060 g/mol. The topological polar surface area (TPSA) is 104 Å². The van der Waals surface area contributed by atoms with Crippen LogP contribution < -0.4 is 9.47 Å². The molecule has 0 saturated carbocycles. The third kappa shape index (κ3) is 22.5. The number of hydrogen-bond donors (Lipinski definition) is 0. The zero-order chi connectivity index (χ0) is 55.3. The number of aromatic nitrogens is 4. The molecule has 0 aliphatic carbocycles. The molecule has 1 saturated heterocycles. The van der Waals surface area contributed by atoms with Gasteiger partial charge in [0.2, 0.25) is 0 Å². The molecule has 8 atom stereocenters. The lowest BCUT2D eigenvalue weighted by Crippen LogP contribution is -2.47. The van der Waals surface area contributed by atoms with Crippen LogP contribution in [0.1, 0.15) is 117 Å². The van der Waals surface area contributed by atoms with Crippen molar-refractivity contribution in [3.05, 3.63) is 95.6 Å². The first-order valence-electron chi connectivity index (χ1n) is 28.8. The van der Waals surface area contributed by atoms with Crippen LogP contribution in [-0.2, 0) is 44.9 Å². The van der Waals surface area contributed by atoms with Crippen molar-refractivity contribution in [2.45, 2.75) is 169 Å². The highest BCUT2D eigenvalue weighted by molar-refractivity contribution is 5.26. The van der Waals surface area contributed by atoms with Gasteiger partial charge >= 0.3 is 0 Å². The summed E-state index contributed by atoms with van der Waals surface area (Å²) in [7, 11) is 12.4. The van der Waals surface area contributed by atoms with Gasteiger partial charge in [-0.05, 0) is 126 Å². The van der Waals surface area contributed by atoms with Crippen LogP contribution in [0, 0.1) is 23.7 Å². The van der Waals surface area contributed by atoms with Crippen molar-refractivity contribution in [3.63, 3.8) is 0 Å². The van der Waals surface area contributed by atoms with Gasteiger partial charge in [-0.3, -0.25) is 29.0 Å². The fraction of sp³-hybridized carbons (Fsp3) is 0.710. The molecule has 1 aliphatic heterocycles. The lowest BCUT2D eigenvalue weighted by Gasteiger charge is -2.37. The number of rotatable bonds is 18. The molecule has 0 unspecified atom stereocenters. The summed E-state index contributed by atoms with van der Waals surface area (Å²) in [6.07, 6.45) is 13.1. The summed E-state index contributed by atoms with van der Waals surface area (Å²) in [5, 5.41) is 9.06. The van der Waals surface area contributed by atoms with E-state index in [2.05, 4.69) is 176 Å². The minimum absolute atomic E-state index is 0.0312. The number of methoxy groups -OCH3 is 2. The molecule has 1 aliphatic rings. The molecule has 0 radical (unpaired) electrons. The van der Waals surface area contributed by atoms with Crippen molar-refractivity contribution in [2.24, 2.45) is 23.7 Å². The SMILES string of the molecule is COc1cnn(Cc2cccc(C[C@@H]3CN(C)[C@@H](CC(C)C)CO[C@H](C)CN(C)[C@@H](CC(C)C)CO[C@H](Cc4cccc(Cn5cc(OC)cn5)c4)CN(C)[C@@H](CC(C)C)CO[C@H](C)CN(C)[C@@H](CC(C)C)CO3)c2)c1. The van der Waals surface area contributed by atoms with Gasteiger partial charge in [0, 0.05) is 50.3 Å². The van der Waals surface area contributed by atoms with E-state index in [1.807, 2.05) is 21.8 Å². The van der Waals surface area contributed by atoms with Gasteiger partial charge in [-0.2, -0.15) is 10.2 Å². The van der Waals surface area contributed by atoms with Gasteiger partial charge < -0.3 is 28.4 Å². The second kappa shape index (κ2) is 32.3. The first-order valence-corrected chi connectivity index (χ1v) is 28.8. The number of hydrogen-bond acceptors (Lipinski definition) is 12. The van der Waals surface area contributed by atoms with Gasteiger partial charge in [0.05, 0.1) is 103 Å². The highest BCUT2D eigenvalue weighted by Gasteiger charge is 2.29. The maximum Gasteiger partial charge on any atom is 0.156 e. The smallest absolute Gasteiger partial charge is 0.156 e. The number of ether oxygens (including phenoxy) is 6. The molecule has 1 fully saturated rings. The van der Waals surface area contributed by atoms with E-state index >= 15 is 0 Å². The van der Waals surface area contributed by atoms with Crippen molar-refractivity contribution >= 4 is 0 Å².